The third kappa shape index (κ3) is 4.45. The zero-order valence-electron chi connectivity index (χ0n) is 15.2. The number of halogens is 1. The van der Waals surface area contributed by atoms with Crippen LogP contribution in [0, 0.1) is 0 Å². The van der Waals surface area contributed by atoms with Crippen LogP contribution >= 0.6 is 22.9 Å². The van der Waals surface area contributed by atoms with Gasteiger partial charge in [-0.2, -0.15) is 4.31 Å². The number of carbonyl (C=O) groups is 1. The second-order valence-electron chi connectivity index (χ2n) is 6.61. The van der Waals surface area contributed by atoms with Crippen molar-refractivity contribution in [2.75, 3.05) is 31.1 Å². The third-order valence-corrected chi connectivity index (χ3v) is 7.50. The summed E-state index contributed by atoms with van der Waals surface area (Å²) in [7, 11) is -3.71. The number of thiophene rings is 1. The maximum atomic E-state index is 13.1. The van der Waals surface area contributed by atoms with Gasteiger partial charge in [0.15, 0.2) is 0 Å². The van der Waals surface area contributed by atoms with Gasteiger partial charge in [0.25, 0.3) is 5.91 Å². The fourth-order valence-electron chi connectivity index (χ4n) is 2.99. The monoisotopic (exact) mass is 427 g/mol. The van der Waals surface area contributed by atoms with Crippen LogP contribution in [0.15, 0.2) is 40.6 Å². The van der Waals surface area contributed by atoms with Gasteiger partial charge in [-0.1, -0.05) is 17.7 Å². The highest BCUT2D eigenvalue weighted by atomic mass is 35.5. The molecule has 1 fully saturated rings. The number of hydrogen-bond acceptors (Lipinski definition) is 5. The summed E-state index contributed by atoms with van der Waals surface area (Å²) in [5.41, 5.74) is 0.979. The Morgan fingerprint density at radius 1 is 1.19 bits per heavy atom. The van der Waals surface area contributed by atoms with Crippen molar-refractivity contribution in [2.24, 2.45) is 0 Å². The van der Waals surface area contributed by atoms with Gasteiger partial charge in [0, 0.05) is 42.9 Å². The van der Waals surface area contributed by atoms with Gasteiger partial charge in [0.2, 0.25) is 10.0 Å². The van der Waals surface area contributed by atoms with E-state index in [9.17, 15) is 13.2 Å². The van der Waals surface area contributed by atoms with Crippen LogP contribution in [-0.4, -0.2) is 50.9 Å². The lowest BCUT2D eigenvalue weighted by atomic mass is 10.2. The predicted molar refractivity (Wildman–Crippen MR) is 109 cm³/mol. The molecule has 0 aliphatic carbocycles. The number of carbonyl (C=O) groups excluding carboxylic acids is 1. The summed E-state index contributed by atoms with van der Waals surface area (Å²) >= 11 is 7.19. The summed E-state index contributed by atoms with van der Waals surface area (Å²) in [4.78, 5) is 14.8. The first-order valence-corrected chi connectivity index (χ1v) is 11.4. The minimum atomic E-state index is -3.71. The van der Waals surface area contributed by atoms with Gasteiger partial charge in [-0.25, -0.2) is 8.42 Å². The maximum Gasteiger partial charge on any atom is 0.262 e. The fraction of sp³-hybridized carbons (Fsp3) is 0.389. The Hall–Kier alpha value is -1.61. The molecular formula is C18H22ClN3O3S2. The molecule has 27 heavy (non-hydrogen) atoms. The molecule has 1 aromatic carbocycles. The Balaban J connectivity index is 1.74. The highest BCUT2D eigenvalue weighted by molar-refractivity contribution is 7.89. The van der Waals surface area contributed by atoms with Crippen LogP contribution in [0.2, 0.25) is 5.02 Å². The van der Waals surface area contributed by atoms with Crippen LogP contribution in [-0.2, 0) is 10.0 Å². The SMILES string of the molecule is CC(C)NC(=O)c1sccc1S(=O)(=O)N1CCN(c2cccc(Cl)c2)CC1. The summed E-state index contributed by atoms with van der Waals surface area (Å²) in [6.07, 6.45) is 0. The summed E-state index contributed by atoms with van der Waals surface area (Å²) in [6, 6.07) is 8.98. The molecule has 0 unspecified atom stereocenters. The topological polar surface area (TPSA) is 69.7 Å². The summed E-state index contributed by atoms with van der Waals surface area (Å²) in [6.45, 7) is 5.53. The molecule has 3 rings (SSSR count). The van der Waals surface area contributed by atoms with Gasteiger partial charge in [-0.3, -0.25) is 4.79 Å². The van der Waals surface area contributed by atoms with E-state index < -0.39 is 10.0 Å². The van der Waals surface area contributed by atoms with Crippen molar-refractivity contribution in [3.05, 3.63) is 45.6 Å². The molecule has 1 aliphatic rings. The molecule has 9 heteroatoms. The van der Waals surface area contributed by atoms with E-state index >= 15 is 0 Å². The highest BCUT2D eigenvalue weighted by Crippen LogP contribution is 2.27. The molecule has 1 aliphatic heterocycles. The number of piperazine rings is 1. The highest BCUT2D eigenvalue weighted by Gasteiger charge is 2.32. The normalized spacial score (nSPS) is 15.9. The van der Waals surface area contributed by atoms with Crippen LogP contribution < -0.4 is 10.2 Å². The van der Waals surface area contributed by atoms with Crippen LogP contribution in [0.3, 0.4) is 0 Å². The van der Waals surface area contributed by atoms with Crippen molar-refractivity contribution >= 4 is 44.6 Å². The van der Waals surface area contributed by atoms with Gasteiger partial charge >= 0.3 is 0 Å². The molecule has 0 atom stereocenters. The zero-order chi connectivity index (χ0) is 19.6. The molecule has 2 aromatic rings. The van der Waals surface area contributed by atoms with E-state index in [0.717, 1.165) is 17.0 Å². The number of rotatable bonds is 5. The quantitative estimate of drug-likeness (QED) is 0.796. The van der Waals surface area contributed by atoms with E-state index in [1.54, 1.807) is 5.38 Å². The predicted octanol–water partition coefficient (Wildman–Crippen LogP) is 3.05. The summed E-state index contributed by atoms with van der Waals surface area (Å²) in [5.74, 6) is -0.351. The van der Waals surface area contributed by atoms with Crippen LogP contribution in [0.1, 0.15) is 23.5 Å². The molecule has 1 amide bonds. The van der Waals surface area contributed by atoms with Crippen molar-refractivity contribution in [2.45, 2.75) is 24.8 Å². The molecule has 1 saturated heterocycles. The minimum absolute atomic E-state index is 0.0589. The van der Waals surface area contributed by atoms with Gasteiger partial charge in [-0.05, 0) is 43.5 Å². The van der Waals surface area contributed by atoms with Crippen LogP contribution in [0.25, 0.3) is 0 Å². The van der Waals surface area contributed by atoms with Crippen molar-refractivity contribution in [1.29, 1.82) is 0 Å². The van der Waals surface area contributed by atoms with Crippen LogP contribution in [0.5, 0.6) is 0 Å². The Bertz CT molecular complexity index is 919. The molecule has 0 bridgehead atoms. The molecule has 0 saturated carbocycles. The lowest BCUT2D eigenvalue weighted by molar-refractivity contribution is 0.0944. The van der Waals surface area contributed by atoms with Crippen molar-refractivity contribution < 1.29 is 13.2 Å². The fourth-order valence-corrected chi connectivity index (χ4v) is 5.90. The second kappa shape index (κ2) is 8.18. The summed E-state index contributed by atoms with van der Waals surface area (Å²) in [5, 5.41) is 5.06. The van der Waals surface area contributed by atoms with Gasteiger partial charge < -0.3 is 10.2 Å². The maximum absolute atomic E-state index is 13.1. The van der Waals surface area contributed by atoms with Crippen molar-refractivity contribution in [1.82, 2.24) is 9.62 Å². The Morgan fingerprint density at radius 2 is 1.89 bits per heavy atom. The Kier molecular flexibility index (Phi) is 6.10. The number of nitrogens with one attached hydrogen (secondary N) is 1. The second-order valence-corrected chi connectivity index (χ2v) is 9.87. The number of hydrogen-bond donors (Lipinski definition) is 1. The van der Waals surface area contributed by atoms with E-state index in [1.165, 1.54) is 10.4 Å². The number of nitrogens with zero attached hydrogens (tertiary/aromatic N) is 2. The number of anilines is 1. The molecular weight excluding hydrogens is 406 g/mol. The first-order chi connectivity index (χ1) is 12.8. The van der Waals surface area contributed by atoms with E-state index in [4.69, 9.17) is 11.6 Å². The first-order valence-electron chi connectivity index (χ1n) is 8.68. The molecule has 0 radical (unpaired) electrons. The van der Waals surface area contributed by atoms with Gasteiger partial charge in [0.1, 0.15) is 9.77 Å². The first kappa shape index (κ1) is 20.1. The van der Waals surface area contributed by atoms with E-state index in [-0.39, 0.29) is 21.7 Å². The van der Waals surface area contributed by atoms with E-state index in [0.29, 0.717) is 31.2 Å². The smallest absolute Gasteiger partial charge is 0.262 e. The van der Waals surface area contributed by atoms with Crippen molar-refractivity contribution in [3.8, 4) is 0 Å². The number of sulfonamides is 1. The molecule has 1 aromatic heterocycles. The standard InChI is InChI=1S/C18H22ClN3O3S2/c1-13(2)20-18(23)17-16(6-11-26-17)27(24,25)22-9-7-21(8-10-22)15-5-3-4-14(19)12-15/h3-6,11-13H,7-10H2,1-2H3,(H,20,23). The van der Waals surface area contributed by atoms with Gasteiger partial charge in [0.05, 0.1) is 0 Å². The average Bonchev–Trinajstić information content (AvgIpc) is 3.12. The van der Waals surface area contributed by atoms with E-state index in [2.05, 4.69) is 10.2 Å². The molecule has 1 N–H and O–H groups in total. The molecule has 146 valence electrons. The lowest BCUT2D eigenvalue weighted by Crippen LogP contribution is -2.48. The van der Waals surface area contributed by atoms with E-state index in [1.807, 2.05) is 38.1 Å². The van der Waals surface area contributed by atoms with Crippen molar-refractivity contribution in [3.63, 3.8) is 0 Å². The molecule has 2 heterocycles. The number of amides is 1. The lowest BCUT2D eigenvalue weighted by Gasteiger charge is -2.35. The largest absolute Gasteiger partial charge is 0.369 e. The summed E-state index contributed by atoms with van der Waals surface area (Å²) < 4.78 is 27.6. The molecule has 6 nitrogen and oxygen atoms in total. The zero-order valence-corrected chi connectivity index (χ0v) is 17.6. The Labute approximate surface area is 168 Å². The Morgan fingerprint density at radius 3 is 2.52 bits per heavy atom. The third-order valence-electron chi connectivity index (χ3n) is 4.28. The number of benzene rings is 1. The van der Waals surface area contributed by atoms with Crippen LogP contribution in [0.4, 0.5) is 5.69 Å². The van der Waals surface area contributed by atoms with Gasteiger partial charge in [-0.15, -0.1) is 11.3 Å². The minimum Gasteiger partial charge on any atom is -0.369 e. The molecule has 0 spiro atoms. The average molecular weight is 428 g/mol.